The number of carbonyl (C=O) groups is 1. The Morgan fingerprint density at radius 3 is 2.33 bits per heavy atom. The smallest absolute Gasteiger partial charge is 0.270 e. The molecule has 2 aromatic rings. The fourth-order valence-corrected chi connectivity index (χ4v) is 2.85. The van der Waals surface area contributed by atoms with Gasteiger partial charge in [-0.05, 0) is 33.1 Å². The molecule has 1 aliphatic rings. The molecule has 3 rings (SSSR count). The Hall–Kier alpha value is -2.21. The molecule has 6 heteroatoms. The summed E-state index contributed by atoms with van der Waals surface area (Å²) in [6.45, 7) is 1.06. The molecule has 0 N–H and O–H groups in total. The number of nitro groups is 1. The van der Waals surface area contributed by atoms with Gasteiger partial charge in [0.1, 0.15) is 0 Å². The van der Waals surface area contributed by atoms with E-state index < -0.39 is 4.92 Å². The number of hydrogen-bond acceptors (Lipinski definition) is 3. The molecule has 106 valence electrons. The van der Waals surface area contributed by atoms with Crippen LogP contribution in [0.25, 0.3) is 0 Å². The van der Waals surface area contributed by atoms with E-state index >= 15 is 0 Å². The highest BCUT2D eigenvalue weighted by atomic mass is 79.9. The van der Waals surface area contributed by atoms with Crippen LogP contribution in [0.1, 0.15) is 21.5 Å². The maximum absolute atomic E-state index is 12.6. The normalized spacial score (nSPS) is 13.1. The summed E-state index contributed by atoms with van der Waals surface area (Å²) in [6, 6.07) is 12.1. The largest absolute Gasteiger partial charge is 0.330 e. The number of carbonyl (C=O) groups excluding carboxylic acids is 1. The van der Waals surface area contributed by atoms with Crippen LogP contribution in [0.3, 0.4) is 0 Å². The van der Waals surface area contributed by atoms with Gasteiger partial charge in [-0.2, -0.15) is 0 Å². The molecule has 0 aliphatic carbocycles. The van der Waals surface area contributed by atoms with Crippen molar-refractivity contribution in [2.75, 3.05) is 0 Å². The minimum absolute atomic E-state index is 0.0849. The third-order valence-corrected chi connectivity index (χ3v) is 4.21. The number of benzene rings is 2. The van der Waals surface area contributed by atoms with E-state index in [1.54, 1.807) is 4.90 Å². The lowest BCUT2D eigenvalue weighted by Crippen LogP contribution is -2.25. The number of halogens is 1. The quantitative estimate of drug-likeness (QED) is 0.617. The van der Waals surface area contributed by atoms with Gasteiger partial charge >= 0.3 is 0 Å². The van der Waals surface area contributed by atoms with Gasteiger partial charge in [-0.25, -0.2) is 0 Å². The SMILES string of the molecule is O=C(c1cc([N+](=O)[O-])ccc1Br)N1Cc2ccccc2C1. The van der Waals surface area contributed by atoms with Crippen LogP contribution in [0.2, 0.25) is 0 Å². The fraction of sp³-hybridized carbons (Fsp3) is 0.133. The molecule has 0 unspecified atom stereocenters. The Balaban J connectivity index is 1.90. The molecule has 1 amide bonds. The highest BCUT2D eigenvalue weighted by Crippen LogP contribution is 2.28. The van der Waals surface area contributed by atoms with Crippen LogP contribution in [-0.4, -0.2) is 15.7 Å². The average Bonchev–Trinajstić information content (AvgIpc) is 2.90. The number of nitro benzene ring substituents is 1. The third kappa shape index (κ3) is 2.54. The van der Waals surface area contributed by atoms with Crippen molar-refractivity contribution in [1.82, 2.24) is 4.90 Å². The van der Waals surface area contributed by atoms with E-state index in [1.165, 1.54) is 18.2 Å². The Labute approximate surface area is 129 Å². The molecule has 0 fully saturated rings. The number of nitrogens with zero attached hydrogens (tertiary/aromatic N) is 2. The first-order valence-corrected chi connectivity index (χ1v) is 7.15. The highest BCUT2D eigenvalue weighted by molar-refractivity contribution is 9.10. The Bertz CT molecular complexity index is 720. The van der Waals surface area contributed by atoms with Gasteiger partial charge in [0.15, 0.2) is 0 Å². The molecule has 1 heterocycles. The van der Waals surface area contributed by atoms with Gasteiger partial charge in [0.05, 0.1) is 10.5 Å². The molecule has 0 radical (unpaired) electrons. The summed E-state index contributed by atoms with van der Waals surface area (Å²) in [7, 11) is 0. The molecule has 0 atom stereocenters. The molecule has 0 saturated heterocycles. The van der Waals surface area contributed by atoms with Gasteiger partial charge in [-0.15, -0.1) is 0 Å². The van der Waals surface area contributed by atoms with Crippen molar-refractivity contribution in [1.29, 1.82) is 0 Å². The lowest BCUT2D eigenvalue weighted by molar-refractivity contribution is -0.384. The second-order valence-corrected chi connectivity index (χ2v) is 5.71. The van der Waals surface area contributed by atoms with Gasteiger partial charge in [-0.1, -0.05) is 24.3 Å². The first-order valence-electron chi connectivity index (χ1n) is 6.36. The maximum Gasteiger partial charge on any atom is 0.270 e. The van der Waals surface area contributed by atoms with Crippen LogP contribution >= 0.6 is 15.9 Å². The summed E-state index contributed by atoms with van der Waals surface area (Å²) in [5, 5.41) is 10.9. The van der Waals surface area contributed by atoms with E-state index in [1.807, 2.05) is 24.3 Å². The molecule has 1 aliphatic heterocycles. The zero-order chi connectivity index (χ0) is 15.0. The van der Waals surface area contributed by atoms with E-state index in [4.69, 9.17) is 0 Å². The van der Waals surface area contributed by atoms with E-state index in [9.17, 15) is 14.9 Å². The fourth-order valence-electron chi connectivity index (χ4n) is 2.44. The van der Waals surface area contributed by atoms with Gasteiger partial charge < -0.3 is 4.90 Å². The van der Waals surface area contributed by atoms with E-state index in [0.717, 1.165) is 11.1 Å². The zero-order valence-electron chi connectivity index (χ0n) is 11.0. The topological polar surface area (TPSA) is 63.4 Å². The summed E-state index contributed by atoms with van der Waals surface area (Å²) >= 11 is 3.29. The number of amides is 1. The predicted molar refractivity (Wildman–Crippen MR) is 80.8 cm³/mol. The van der Waals surface area contributed by atoms with Gasteiger partial charge in [-0.3, -0.25) is 14.9 Å². The average molecular weight is 347 g/mol. The van der Waals surface area contributed by atoms with Crippen LogP contribution in [0.15, 0.2) is 46.9 Å². The van der Waals surface area contributed by atoms with Crippen LogP contribution in [0.5, 0.6) is 0 Å². The standard InChI is InChI=1S/C15H11BrN2O3/c16-14-6-5-12(18(20)21)7-13(14)15(19)17-8-10-3-1-2-4-11(10)9-17/h1-7H,8-9H2. The molecule has 5 nitrogen and oxygen atoms in total. The van der Waals surface area contributed by atoms with Gasteiger partial charge in [0.25, 0.3) is 11.6 Å². The van der Waals surface area contributed by atoms with Crippen molar-refractivity contribution in [2.24, 2.45) is 0 Å². The number of rotatable bonds is 2. The molecular weight excluding hydrogens is 336 g/mol. The summed E-state index contributed by atoms with van der Waals surface area (Å²) in [6.07, 6.45) is 0. The molecule has 21 heavy (non-hydrogen) atoms. The monoisotopic (exact) mass is 346 g/mol. The lowest BCUT2D eigenvalue weighted by Gasteiger charge is -2.16. The van der Waals surface area contributed by atoms with Crippen molar-refractivity contribution in [3.8, 4) is 0 Å². The van der Waals surface area contributed by atoms with Crippen molar-refractivity contribution in [3.05, 3.63) is 73.7 Å². The molecule has 0 saturated carbocycles. The Morgan fingerprint density at radius 2 is 1.76 bits per heavy atom. The number of hydrogen-bond donors (Lipinski definition) is 0. The molecular formula is C15H11BrN2O3. The van der Waals surface area contributed by atoms with Crippen LogP contribution < -0.4 is 0 Å². The van der Waals surface area contributed by atoms with Gasteiger partial charge in [0, 0.05) is 29.7 Å². The first-order chi connectivity index (χ1) is 10.1. The van der Waals surface area contributed by atoms with Crippen molar-refractivity contribution >= 4 is 27.5 Å². The van der Waals surface area contributed by atoms with Crippen LogP contribution in [0, 0.1) is 10.1 Å². The van der Waals surface area contributed by atoms with Crippen molar-refractivity contribution in [2.45, 2.75) is 13.1 Å². The predicted octanol–water partition coefficient (Wildman–Crippen LogP) is 3.51. The van der Waals surface area contributed by atoms with Crippen LogP contribution in [0.4, 0.5) is 5.69 Å². The van der Waals surface area contributed by atoms with Gasteiger partial charge in [0.2, 0.25) is 0 Å². The second kappa shape index (κ2) is 5.29. The summed E-state index contributed by atoms with van der Waals surface area (Å²) in [5.74, 6) is -0.207. The molecule has 0 aromatic heterocycles. The third-order valence-electron chi connectivity index (χ3n) is 3.52. The number of non-ortho nitro benzene ring substituents is 1. The molecule has 2 aromatic carbocycles. The zero-order valence-corrected chi connectivity index (χ0v) is 12.5. The van der Waals surface area contributed by atoms with Crippen molar-refractivity contribution < 1.29 is 9.72 Å². The number of fused-ring (bicyclic) bond motifs is 1. The summed E-state index contributed by atoms with van der Waals surface area (Å²) in [4.78, 5) is 24.6. The first kappa shape index (κ1) is 13.8. The second-order valence-electron chi connectivity index (χ2n) is 4.85. The molecule has 0 spiro atoms. The summed E-state index contributed by atoms with van der Waals surface area (Å²) < 4.78 is 0.564. The molecule has 0 bridgehead atoms. The van der Waals surface area contributed by atoms with Crippen molar-refractivity contribution in [3.63, 3.8) is 0 Å². The van der Waals surface area contributed by atoms with E-state index in [2.05, 4.69) is 15.9 Å². The lowest BCUT2D eigenvalue weighted by atomic mass is 10.1. The highest BCUT2D eigenvalue weighted by Gasteiger charge is 2.26. The minimum Gasteiger partial charge on any atom is -0.330 e. The minimum atomic E-state index is -0.498. The van der Waals surface area contributed by atoms with E-state index in [0.29, 0.717) is 23.1 Å². The summed E-state index contributed by atoms with van der Waals surface area (Å²) in [5.41, 5.74) is 2.47. The Morgan fingerprint density at radius 1 is 1.14 bits per heavy atom. The van der Waals surface area contributed by atoms with Crippen LogP contribution in [-0.2, 0) is 13.1 Å². The Kier molecular flexibility index (Phi) is 3.47. The van der Waals surface area contributed by atoms with E-state index in [-0.39, 0.29) is 11.6 Å². The maximum atomic E-state index is 12.6.